The number of rotatable bonds is 3. The van der Waals surface area contributed by atoms with Gasteiger partial charge in [-0.1, -0.05) is 13.8 Å². The van der Waals surface area contributed by atoms with Gasteiger partial charge < -0.3 is 4.74 Å². The number of methoxy groups -OCH3 is 1. The van der Waals surface area contributed by atoms with E-state index in [0.717, 1.165) is 22.6 Å². The number of nitrogens with zero attached hydrogens (tertiary/aromatic N) is 3. The van der Waals surface area contributed by atoms with Crippen LogP contribution in [-0.4, -0.2) is 16.9 Å². The number of ether oxygens (including phenoxy) is 1. The van der Waals surface area contributed by atoms with Crippen molar-refractivity contribution in [3.8, 4) is 23.1 Å². The lowest BCUT2D eigenvalue weighted by Crippen LogP contribution is -1.97. The average Bonchev–Trinajstić information content (AvgIpc) is 2.79. The van der Waals surface area contributed by atoms with E-state index in [2.05, 4.69) is 31.1 Å². The molecule has 2 rings (SSSR count). The summed E-state index contributed by atoms with van der Waals surface area (Å²) in [5.41, 5.74) is 3.56. The second-order valence-corrected chi connectivity index (χ2v) is 4.76. The number of benzene rings is 1. The van der Waals surface area contributed by atoms with Gasteiger partial charge in [0.05, 0.1) is 12.8 Å². The third-order valence-electron chi connectivity index (χ3n) is 3.14. The fourth-order valence-corrected chi connectivity index (χ4v) is 2.14. The van der Waals surface area contributed by atoms with Crippen molar-refractivity contribution in [1.82, 2.24) is 9.78 Å². The first-order chi connectivity index (χ1) is 9.06. The number of aryl methyl sites for hydroxylation is 1. The topological polar surface area (TPSA) is 50.8 Å². The van der Waals surface area contributed by atoms with Crippen molar-refractivity contribution in [2.45, 2.75) is 19.8 Å². The predicted octanol–water partition coefficient (Wildman–Crippen LogP) is 3.09. The zero-order chi connectivity index (χ0) is 14.0. The first kappa shape index (κ1) is 13.2. The molecular formula is C15H17N3O. The van der Waals surface area contributed by atoms with Crippen molar-refractivity contribution < 1.29 is 4.74 Å². The van der Waals surface area contributed by atoms with E-state index < -0.39 is 0 Å². The van der Waals surface area contributed by atoms with Crippen LogP contribution in [0.15, 0.2) is 24.3 Å². The van der Waals surface area contributed by atoms with Gasteiger partial charge in [0.2, 0.25) is 0 Å². The van der Waals surface area contributed by atoms with Crippen molar-refractivity contribution >= 4 is 0 Å². The summed E-state index contributed by atoms with van der Waals surface area (Å²) < 4.78 is 7.11. The standard InChI is InChI=1S/C15H17N3O/c1-10(2)13-7-11(5-6-15(13)19-4)14-8-12(9-16)17-18(14)3/h5-8,10H,1-4H3. The summed E-state index contributed by atoms with van der Waals surface area (Å²) >= 11 is 0. The number of hydrogen-bond donors (Lipinski definition) is 0. The minimum atomic E-state index is 0.374. The van der Waals surface area contributed by atoms with Gasteiger partial charge in [-0.3, -0.25) is 4.68 Å². The summed E-state index contributed by atoms with van der Waals surface area (Å²) in [5, 5.41) is 13.0. The monoisotopic (exact) mass is 255 g/mol. The summed E-state index contributed by atoms with van der Waals surface area (Å²) in [6.07, 6.45) is 0. The van der Waals surface area contributed by atoms with E-state index in [-0.39, 0.29) is 0 Å². The largest absolute Gasteiger partial charge is 0.496 e. The van der Waals surface area contributed by atoms with Gasteiger partial charge in [0, 0.05) is 18.7 Å². The molecule has 98 valence electrons. The Hall–Kier alpha value is -2.28. The Labute approximate surface area is 113 Å². The predicted molar refractivity (Wildman–Crippen MR) is 74.0 cm³/mol. The molecule has 4 nitrogen and oxygen atoms in total. The Bertz CT molecular complexity index is 635. The molecule has 0 atom stereocenters. The molecule has 0 N–H and O–H groups in total. The molecule has 0 spiro atoms. The number of hydrogen-bond acceptors (Lipinski definition) is 3. The molecule has 0 fully saturated rings. The van der Waals surface area contributed by atoms with E-state index >= 15 is 0 Å². The van der Waals surface area contributed by atoms with E-state index in [9.17, 15) is 0 Å². The third kappa shape index (κ3) is 2.45. The van der Waals surface area contributed by atoms with Crippen molar-refractivity contribution in [2.24, 2.45) is 7.05 Å². The number of aromatic nitrogens is 2. The Morgan fingerprint density at radius 2 is 2.05 bits per heavy atom. The first-order valence-electron chi connectivity index (χ1n) is 6.19. The van der Waals surface area contributed by atoms with Crippen LogP contribution < -0.4 is 4.74 Å². The minimum Gasteiger partial charge on any atom is -0.496 e. The number of nitriles is 1. The van der Waals surface area contributed by atoms with E-state index in [1.165, 1.54) is 0 Å². The van der Waals surface area contributed by atoms with Crippen molar-refractivity contribution in [3.05, 3.63) is 35.5 Å². The fourth-order valence-electron chi connectivity index (χ4n) is 2.14. The molecule has 0 amide bonds. The second kappa shape index (κ2) is 5.15. The minimum absolute atomic E-state index is 0.374. The molecule has 0 aliphatic rings. The molecule has 1 heterocycles. The lowest BCUT2D eigenvalue weighted by Gasteiger charge is -2.13. The Balaban J connectivity index is 2.54. The van der Waals surface area contributed by atoms with Crippen LogP contribution in [0.25, 0.3) is 11.3 Å². The van der Waals surface area contributed by atoms with Crippen molar-refractivity contribution in [2.75, 3.05) is 7.11 Å². The van der Waals surface area contributed by atoms with E-state index in [0.29, 0.717) is 11.6 Å². The molecule has 2 aromatic rings. The SMILES string of the molecule is COc1ccc(-c2cc(C#N)nn2C)cc1C(C)C. The van der Waals surface area contributed by atoms with Gasteiger partial charge in [-0.25, -0.2) is 0 Å². The first-order valence-corrected chi connectivity index (χ1v) is 6.19. The summed E-state index contributed by atoms with van der Waals surface area (Å²) in [7, 11) is 3.52. The van der Waals surface area contributed by atoms with Crippen LogP contribution in [-0.2, 0) is 7.05 Å². The molecule has 0 saturated heterocycles. The smallest absolute Gasteiger partial charge is 0.163 e. The van der Waals surface area contributed by atoms with Crippen LogP contribution in [0.3, 0.4) is 0 Å². The highest BCUT2D eigenvalue weighted by Crippen LogP contribution is 2.31. The van der Waals surface area contributed by atoms with Gasteiger partial charge in [0.1, 0.15) is 11.8 Å². The van der Waals surface area contributed by atoms with Crippen molar-refractivity contribution in [3.63, 3.8) is 0 Å². The Morgan fingerprint density at radius 3 is 2.58 bits per heavy atom. The van der Waals surface area contributed by atoms with Gasteiger partial charge >= 0.3 is 0 Å². The van der Waals surface area contributed by atoms with Crippen molar-refractivity contribution in [1.29, 1.82) is 5.26 Å². The molecular weight excluding hydrogens is 238 g/mol. The third-order valence-corrected chi connectivity index (χ3v) is 3.14. The maximum Gasteiger partial charge on any atom is 0.163 e. The highest BCUT2D eigenvalue weighted by atomic mass is 16.5. The average molecular weight is 255 g/mol. The molecule has 0 aliphatic carbocycles. The van der Waals surface area contributed by atoms with Gasteiger partial charge in [-0.2, -0.15) is 10.4 Å². The molecule has 0 unspecified atom stereocenters. The van der Waals surface area contributed by atoms with Gasteiger partial charge in [0.15, 0.2) is 5.69 Å². The quantitative estimate of drug-likeness (QED) is 0.846. The summed E-state index contributed by atoms with van der Waals surface area (Å²) in [5.74, 6) is 1.26. The molecule has 0 radical (unpaired) electrons. The van der Waals surface area contributed by atoms with Gasteiger partial charge in [0.25, 0.3) is 0 Å². The van der Waals surface area contributed by atoms with Gasteiger partial charge in [-0.05, 0) is 29.7 Å². The lowest BCUT2D eigenvalue weighted by atomic mass is 9.98. The lowest BCUT2D eigenvalue weighted by molar-refractivity contribution is 0.407. The van der Waals surface area contributed by atoms with Crippen LogP contribution in [0.4, 0.5) is 0 Å². The van der Waals surface area contributed by atoms with Crippen LogP contribution in [0, 0.1) is 11.3 Å². The normalized spacial score (nSPS) is 10.5. The van der Waals surface area contributed by atoms with E-state index in [1.54, 1.807) is 17.9 Å². The van der Waals surface area contributed by atoms with Crippen LogP contribution >= 0.6 is 0 Å². The van der Waals surface area contributed by atoms with E-state index in [1.807, 2.05) is 19.2 Å². The zero-order valence-electron chi connectivity index (χ0n) is 11.6. The molecule has 0 saturated carbocycles. The second-order valence-electron chi connectivity index (χ2n) is 4.76. The fraction of sp³-hybridized carbons (Fsp3) is 0.333. The highest BCUT2D eigenvalue weighted by Gasteiger charge is 2.12. The van der Waals surface area contributed by atoms with Crippen LogP contribution in [0.2, 0.25) is 0 Å². The summed E-state index contributed by atoms with van der Waals surface area (Å²) in [4.78, 5) is 0. The highest BCUT2D eigenvalue weighted by molar-refractivity contribution is 5.64. The molecule has 0 bridgehead atoms. The maximum absolute atomic E-state index is 8.90. The van der Waals surface area contributed by atoms with Crippen LogP contribution in [0.1, 0.15) is 31.0 Å². The summed E-state index contributed by atoms with van der Waals surface area (Å²) in [6, 6.07) is 9.91. The molecule has 1 aromatic heterocycles. The molecule has 19 heavy (non-hydrogen) atoms. The van der Waals surface area contributed by atoms with E-state index in [4.69, 9.17) is 10.00 Å². The van der Waals surface area contributed by atoms with Crippen LogP contribution in [0.5, 0.6) is 5.75 Å². The summed E-state index contributed by atoms with van der Waals surface area (Å²) in [6.45, 7) is 4.26. The molecule has 1 aromatic carbocycles. The molecule has 4 heteroatoms. The molecule has 0 aliphatic heterocycles. The maximum atomic E-state index is 8.90. The Morgan fingerprint density at radius 1 is 1.32 bits per heavy atom. The Kier molecular flexibility index (Phi) is 3.57. The zero-order valence-corrected chi connectivity index (χ0v) is 11.6. The van der Waals surface area contributed by atoms with Gasteiger partial charge in [-0.15, -0.1) is 0 Å².